The van der Waals surface area contributed by atoms with Crippen molar-refractivity contribution in [2.45, 2.75) is 58.0 Å². The van der Waals surface area contributed by atoms with Gasteiger partial charge in [-0.15, -0.1) is 22.6 Å². The molecule has 120 valence electrons. The first-order valence-electron chi connectivity index (χ1n) is 7.48. The van der Waals surface area contributed by atoms with Crippen molar-refractivity contribution in [1.82, 2.24) is 19.7 Å². The zero-order chi connectivity index (χ0) is 14.7. The molecular weight excluding hydrogens is 290 g/mol. The molecule has 1 fully saturated rings. The van der Waals surface area contributed by atoms with Gasteiger partial charge in [0.05, 0.1) is 6.04 Å². The largest absolute Gasteiger partial charge is 0.341 e. The fourth-order valence-electron chi connectivity index (χ4n) is 2.74. The number of halogens is 1. The van der Waals surface area contributed by atoms with Crippen LogP contribution in [0.4, 0.5) is 0 Å². The second-order valence-corrected chi connectivity index (χ2v) is 5.83. The average Bonchev–Trinajstić information content (AvgIpc) is 2.95. The van der Waals surface area contributed by atoms with Crippen LogP contribution in [0, 0.1) is 0 Å². The summed E-state index contributed by atoms with van der Waals surface area (Å²) < 4.78 is 2.10. The molecule has 21 heavy (non-hydrogen) atoms. The quantitative estimate of drug-likeness (QED) is 0.918. The number of hydrogen-bond donors (Lipinski definition) is 1. The van der Waals surface area contributed by atoms with E-state index in [-0.39, 0.29) is 30.3 Å². The van der Waals surface area contributed by atoms with E-state index in [1.165, 1.54) is 0 Å². The fraction of sp³-hybridized carbons (Fsp3) is 0.786. The molecule has 0 aromatic carbocycles. The lowest BCUT2D eigenvalue weighted by Gasteiger charge is -2.34. The van der Waals surface area contributed by atoms with Crippen LogP contribution in [0.1, 0.15) is 57.8 Å². The van der Waals surface area contributed by atoms with Gasteiger partial charge in [-0.2, -0.15) is 0 Å². The van der Waals surface area contributed by atoms with Gasteiger partial charge in [-0.05, 0) is 33.1 Å². The predicted octanol–water partition coefficient (Wildman–Crippen LogP) is 1.72. The van der Waals surface area contributed by atoms with E-state index < -0.39 is 0 Å². The number of likely N-dealkylation sites (tertiary alicyclic amines) is 1. The van der Waals surface area contributed by atoms with Crippen molar-refractivity contribution in [3.05, 3.63) is 12.2 Å². The van der Waals surface area contributed by atoms with Gasteiger partial charge < -0.3 is 15.2 Å². The zero-order valence-corrected chi connectivity index (χ0v) is 13.8. The third-order valence-electron chi connectivity index (χ3n) is 4.01. The molecule has 0 radical (unpaired) electrons. The third-order valence-corrected chi connectivity index (χ3v) is 4.01. The summed E-state index contributed by atoms with van der Waals surface area (Å²) in [6, 6.07) is -0.0410. The van der Waals surface area contributed by atoms with E-state index in [1.54, 1.807) is 6.33 Å². The lowest BCUT2D eigenvalue weighted by molar-refractivity contribution is -0.133. The van der Waals surface area contributed by atoms with Crippen LogP contribution in [0.15, 0.2) is 6.33 Å². The average molecular weight is 316 g/mol. The van der Waals surface area contributed by atoms with Crippen molar-refractivity contribution in [2.24, 2.45) is 5.73 Å². The van der Waals surface area contributed by atoms with Gasteiger partial charge in [-0.3, -0.25) is 4.79 Å². The molecule has 2 heterocycles. The molecular formula is C14H26ClN5O. The summed E-state index contributed by atoms with van der Waals surface area (Å²) in [7, 11) is 0. The van der Waals surface area contributed by atoms with Crippen LogP contribution in [0.5, 0.6) is 0 Å². The standard InChI is InChI=1S/C14H25N5O.ClH/c1-4-12(15)14(20)18-7-5-6-11(8-18)13-17-16-9-19(13)10(2)3;/h9-12H,4-8,15H2,1-3H3;1H. The highest BCUT2D eigenvalue weighted by Crippen LogP contribution is 2.27. The molecule has 1 aromatic heterocycles. The molecule has 2 unspecified atom stereocenters. The Kier molecular flexibility index (Phi) is 6.61. The number of carbonyl (C=O) groups is 1. The zero-order valence-electron chi connectivity index (χ0n) is 13.0. The summed E-state index contributed by atoms with van der Waals surface area (Å²) in [6.07, 6.45) is 4.51. The van der Waals surface area contributed by atoms with Crippen LogP contribution in [-0.4, -0.2) is 44.7 Å². The van der Waals surface area contributed by atoms with Crippen molar-refractivity contribution >= 4 is 18.3 Å². The second kappa shape index (κ2) is 7.75. The van der Waals surface area contributed by atoms with E-state index in [4.69, 9.17) is 5.73 Å². The topological polar surface area (TPSA) is 77.0 Å². The number of nitrogens with zero attached hydrogens (tertiary/aromatic N) is 4. The molecule has 1 aliphatic rings. The molecule has 1 aliphatic heterocycles. The van der Waals surface area contributed by atoms with Crippen molar-refractivity contribution in [1.29, 1.82) is 0 Å². The Bertz CT molecular complexity index is 462. The summed E-state index contributed by atoms with van der Waals surface area (Å²) in [5, 5.41) is 8.29. The smallest absolute Gasteiger partial charge is 0.239 e. The van der Waals surface area contributed by atoms with Crippen LogP contribution < -0.4 is 5.73 Å². The Labute approximate surface area is 132 Å². The van der Waals surface area contributed by atoms with E-state index in [9.17, 15) is 4.79 Å². The number of carbonyl (C=O) groups excluding carboxylic acids is 1. The van der Waals surface area contributed by atoms with Gasteiger partial charge >= 0.3 is 0 Å². The maximum Gasteiger partial charge on any atom is 0.239 e. The van der Waals surface area contributed by atoms with Crippen molar-refractivity contribution in [3.8, 4) is 0 Å². The normalized spacial score (nSPS) is 20.2. The van der Waals surface area contributed by atoms with Gasteiger partial charge in [0.1, 0.15) is 12.2 Å². The van der Waals surface area contributed by atoms with E-state index in [2.05, 4.69) is 28.6 Å². The van der Waals surface area contributed by atoms with Crippen molar-refractivity contribution < 1.29 is 4.79 Å². The molecule has 2 N–H and O–H groups in total. The van der Waals surface area contributed by atoms with Crippen LogP contribution in [0.2, 0.25) is 0 Å². The highest BCUT2D eigenvalue weighted by atomic mass is 35.5. The molecule has 0 bridgehead atoms. The molecule has 6 nitrogen and oxygen atoms in total. The SMILES string of the molecule is CCC(N)C(=O)N1CCCC(c2nncn2C(C)C)C1.Cl. The van der Waals surface area contributed by atoms with Crippen molar-refractivity contribution in [3.63, 3.8) is 0 Å². The second-order valence-electron chi connectivity index (χ2n) is 5.83. The Balaban J connectivity index is 0.00000220. The molecule has 1 saturated heterocycles. The van der Waals surface area contributed by atoms with E-state index in [0.717, 1.165) is 25.2 Å². The molecule has 0 saturated carbocycles. The molecule has 1 aromatic rings. The van der Waals surface area contributed by atoms with E-state index >= 15 is 0 Å². The first-order chi connectivity index (χ1) is 9.54. The highest BCUT2D eigenvalue weighted by molar-refractivity contribution is 5.85. The van der Waals surface area contributed by atoms with Crippen LogP contribution in [-0.2, 0) is 4.79 Å². The summed E-state index contributed by atoms with van der Waals surface area (Å²) in [5.41, 5.74) is 5.87. The number of aromatic nitrogens is 3. The Morgan fingerprint density at radius 1 is 1.52 bits per heavy atom. The first kappa shape index (κ1) is 17.9. The maximum absolute atomic E-state index is 12.2. The van der Waals surface area contributed by atoms with Crippen molar-refractivity contribution in [2.75, 3.05) is 13.1 Å². The first-order valence-corrected chi connectivity index (χ1v) is 7.48. The molecule has 0 aliphatic carbocycles. The number of piperidine rings is 1. The van der Waals surface area contributed by atoms with Gasteiger partial charge in [-0.25, -0.2) is 0 Å². The Hall–Kier alpha value is -1.14. The van der Waals surface area contributed by atoms with Gasteiger partial charge in [0.2, 0.25) is 5.91 Å². The van der Waals surface area contributed by atoms with E-state index in [1.807, 2.05) is 11.8 Å². The summed E-state index contributed by atoms with van der Waals surface area (Å²) in [6.45, 7) is 7.69. The molecule has 2 rings (SSSR count). The predicted molar refractivity (Wildman–Crippen MR) is 84.5 cm³/mol. The lowest BCUT2D eigenvalue weighted by Crippen LogP contribution is -2.47. The Morgan fingerprint density at radius 2 is 2.24 bits per heavy atom. The van der Waals surface area contributed by atoms with Gasteiger partial charge in [-0.1, -0.05) is 6.92 Å². The monoisotopic (exact) mass is 315 g/mol. The van der Waals surface area contributed by atoms with Gasteiger partial charge in [0.25, 0.3) is 0 Å². The molecule has 1 amide bonds. The van der Waals surface area contributed by atoms with Gasteiger partial charge in [0.15, 0.2) is 0 Å². The van der Waals surface area contributed by atoms with E-state index in [0.29, 0.717) is 19.0 Å². The number of nitrogens with two attached hydrogens (primary N) is 1. The summed E-state index contributed by atoms with van der Waals surface area (Å²) in [4.78, 5) is 14.1. The Morgan fingerprint density at radius 3 is 2.86 bits per heavy atom. The lowest BCUT2D eigenvalue weighted by atomic mass is 9.96. The minimum absolute atomic E-state index is 0. The van der Waals surface area contributed by atoms with Gasteiger partial charge in [0, 0.05) is 25.0 Å². The highest BCUT2D eigenvalue weighted by Gasteiger charge is 2.29. The molecule has 2 atom stereocenters. The maximum atomic E-state index is 12.2. The summed E-state index contributed by atoms with van der Waals surface area (Å²) in [5.74, 6) is 1.32. The molecule has 7 heteroatoms. The minimum Gasteiger partial charge on any atom is -0.341 e. The van der Waals surface area contributed by atoms with Crippen LogP contribution >= 0.6 is 12.4 Å². The minimum atomic E-state index is -0.378. The number of amides is 1. The number of hydrogen-bond acceptors (Lipinski definition) is 4. The summed E-state index contributed by atoms with van der Waals surface area (Å²) >= 11 is 0. The molecule has 0 spiro atoms. The van der Waals surface area contributed by atoms with Crippen LogP contribution in [0.3, 0.4) is 0 Å². The third kappa shape index (κ3) is 3.95. The number of rotatable bonds is 4. The van der Waals surface area contributed by atoms with Crippen LogP contribution in [0.25, 0.3) is 0 Å². The fourth-order valence-corrected chi connectivity index (χ4v) is 2.74.